The summed E-state index contributed by atoms with van der Waals surface area (Å²) in [5, 5.41) is 0. The van der Waals surface area contributed by atoms with Gasteiger partial charge in [0.05, 0.1) is 19.6 Å². The van der Waals surface area contributed by atoms with Crippen LogP contribution in [0.25, 0.3) is 0 Å². The van der Waals surface area contributed by atoms with Gasteiger partial charge in [-0.2, -0.15) is 0 Å². The van der Waals surface area contributed by atoms with Gasteiger partial charge in [-0.25, -0.2) is 0 Å². The van der Waals surface area contributed by atoms with Crippen LogP contribution in [-0.2, 0) is 0 Å². The molecule has 1 nitrogen and oxygen atoms in total. The van der Waals surface area contributed by atoms with Crippen LogP contribution in [-0.4, -0.2) is 24.1 Å². The molecule has 0 bridgehead atoms. The van der Waals surface area contributed by atoms with Crippen molar-refractivity contribution in [2.45, 2.75) is 227 Å². The molecule has 41 heavy (non-hydrogen) atoms. The zero-order valence-corrected chi connectivity index (χ0v) is 29.7. The van der Waals surface area contributed by atoms with E-state index < -0.39 is 0 Å². The van der Waals surface area contributed by atoms with Crippen LogP contribution in [0.2, 0.25) is 0 Å². The van der Waals surface area contributed by atoms with Gasteiger partial charge in [0, 0.05) is 6.42 Å². The highest BCUT2D eigenvalue weighted by Gasteiger charge is 2.30. The van der Waals surface area contributed by atoms with Gasteiger partial charge in [-0.15, -0.1) is 0 Å². The van der Waals surface area contributed by atoms with Crippen molar-refractivity contribution < 1.29 is 4.48 Å². The first-order chi connectivity index (χ1) is 20.2. The molecular weight excluding hydrogens is 494 g/mol. The molecule has 0 fully saturated rings. The predicted molar refractivity (Wildman–Crippen MR) is 190 cm³/mol. The molecule has 0 aromatic carbocycles. The van der Waals surface area contributed by atoms with Crippen LogP contribution in [0.4, 0.5) is 0 Å². The van der Waals surface area contributed by atoms with E-state index >= 15 is 0 Å². The summed E-state index contributed by atoms with van der Waals surface area (Å²) in [6.07, 6.45) is 44.0. The maximum atomic E-state index is 4.88. The minimum Gasteiger partial charge on any atom is -0.295 e. The van der Waals surface area contributed by atoms with Crippen molar-refractivity contribution in [3.8, 4) is 0 Å². The van der Waals surface area contributed by atoms with E-state index in [0.717, 1.165) is 0 Å². The number of allylic oxidation sites excluding steroid dienone is 1. The molecule has 0 N–H and O–H groups in total. The second-order valence-corrected chi connectivity index (χ2v) is 13.8. The summed E-state index contributed by atoms with van der Waals surface area (Å²) in [6.45, 7) is 18.3. The molecular formula is C40H82N+. The van der Waals surface area contributed by atoms with Gasteiger partial charge in [-0.3, -0.25) is 4.48 Å². The third-order valence-corrected chi connectivity index (χ3v) is 9.81. The van der Waals surface area contributed by atoms with Gasteiger partial charge in [-0.05, 0) is 51.5 Å². The predicted octanol–water partition coefficient (Wildman–Crippen LogP) is 14.5. The molecule has 1 heteroatoms. The Morgan fingerprint density at radius 1 is 0.317 bits per heavy atom. The van der Waals surface area contributed by atoms with E-state index in [1.165, 1.54) is 223 Å². The van der Waals surface area contributed by atoms with Crippen LogP contribution in [0.1, 0.15) is 227 Å². The van der Waals surface area contributed by atoms with Crippen LogP contribution in [0.5, 0.6) is 0 Å². The average Bonchev–Trinajstić information content (AvgIpc) is 2.98. The Kier molecular flexibility index (Phi) is 32.4. The molecule has 0 amide bonds. The Hall–Kier alpha value is -0.300. The van der Waals surface area contributed by atoms with E-state index in [1.807, 2.05) is 0 Å². The van der Waals surface area contributed by atoms with Crippen molar-refractivity contribution >= 4 is 0 Å². The van der Waals surface area contributed by atoms with Gasteiger partial charge in [-0.1, -0.05) is 175 Å². The molecule has 0 aliphatic heterocycles. The van der Waals surface area contributed by atoms with E-state index in [-0.39, 0.29) is 0 Å². The summed E-state index contributed by atoms with van der Waals surface area (Å²) in [5.41, 5.74) is 1.61. The number of nitrogens with zero attached hydrogens (tertiary/aromatic N) is 1. The van der Waals surface area contributed by atoms with Crippen LogP contribution < -0.4 is 0 Å². The third-order valence-electron chi connectivity index (χ3n) is 9.81. The summed E-state index contributed by atoms with van der Waals surface area (Å²) < 4.78 is 1.27. The van der Waals surface area contributed by atoms with Gasteiger partial charge in [0.15, 0.2) is 0 Å². The molecule has 0 rings (SSSR count). The Balaban J connectivity index is 5.02. The lowest BCUT2D eigenvalue weighted by Gasteiger charge is -2.40. The summed E-state index contributed by atoms with van der Waals surface area (Å²) in [7, 11) is 0. The number of rotatable bonds is 35. The highest BCUT2D eigenvalue weighted by atomic mass is 15.4. The lowest BCUT2D eigenvalue weighted by Crippen LogP contribution is -2.49. The molecule has 0 radical (unpaired) electrons. The lowest BCUT2D eigenvalue weighted by molar-refractivity contribution is -0.894. The molecule has 0 saturated carbocycles. The fraction of sp³-hybridized carbons (Fsp3) is 0.950. The molecule has 0 aromatic heterocycles. The largest absolute Gasteiger partial charge is 0.295 e. The topological polar surface area (TPSA) is 0 Å². The Morgan fingerprint density at radius 3 is 0.805 bits per heavy atom. The molecule has 0 atom stereocenters. The fourth-order valence-corrected chi connectivity index (χ4v) is 6.80. The molecule has 0 saturated heterocycles. The molecule has 0 spiro atoms. The van der Waals surface area contributed by atoms with Gasteiger partial charge in [0.2, 0.25) is 0 Å². The quantitative estimate of drug-likeness (QED) is 0.0520. The van der Waals surface area contributed by atoms with E-state index in [2.05, 4.69) is 27.7 Å². The first kappa shape index (κ1) is 40.7. The normalized spacial score (nSPS) is 11.9. The second-order valence-electron chi connectivity index (χ2n) is 13.8. The van der Waals surface area contributed by atoms with Crippen LogP contribution in [0.15, 0.2) is 12.3 Å². The zero-order chi connectivity index (χ0) is 30.1. The fourth-order valence-electron chi connectivity index (χ4n) is 6.80. The van der Waals surface area contributed by atoms with Gasteiger partial charge >= 0.3 is 0 Å². The van der Waals surface area contributed by atoms with E-state index in [0.29, 0.717) is 0 Å². The number of hydrogen-bond donors (Lipinski definition) is 0. The second kappa shape index (κ2) is 32.6. The minimum atomic E-state index is 1.27. The lowest BCUT2D eigenvalue weighted by atomic mass is 10.0. The van der Waals surface area contributed by atoms with Gasteiger partial charge in [0.1, 0.15) is 5.70 Å². The van der Waals surface area contributed by atoms with Crippen LogP contribution in [0.3, 0.4) is 0 Å². The molecule has 0 aliphatic carbocycles. The molecule has 0 heterocycles. The van der Waals surface area contributed by atoms with E-state index in [9.17, 15) is 0 Å². The summed E-state index contributed by atoms with van der Waals surface area (Å²) in [5.74, 6) is 0. The van der Waals surface area contributed by atoms with Gasteiger partial charge < -0.3 is 0 Å². The highest BCUT2D eigenvalue weighted by Crippen LogP contribution is 2.27. The highest BCUT2D eigenvalue weighted by molar-refractivity contribution is 4.85. The Morgan fingerprint density at radius 2 is 0.537 bits per heavy atom. The Bertz CT molecular complexity index is 459. The Labute approximate surface area is 262 Å². The van der Waals surface area contributed by atoms with E-state index in [4.69, 9.17) is 6.58 Å². The van der Waals surface area contributed by atoms with E-state index in [1.54, 1.807) is 5.70 Å². The van der Waals surface area contributed by atoms with Crippen molar-refractivity contribution in [3.63, 3.8) is 0 Å². The first-order valence-electron chi connectivity index (χ1n) is 19.7. The van der Waals surface area contributed by atoms with Crippen LogP contribution in [0, 0.1) is 0 Å². The molecule has 0 aromatic rings. The standard InChI is InChI=1S/C40H82N/c1-6-10-14-18-22-25-29-33-37-41(38-34-30-26-23-19-15-11-7-2,39-35-31-27-24-20-16-12-8-3)40(5)36-32-28-21-17-13-9-4/h5-39H2,1-4H3/q+1. The monoisotopic (exact) mass is 577 g/mol. The van der Waals surface area contributed by atoms with Crippen LogP contribution >= 0.6 is 0 Å². The average molecular weight is 577 g/mol. The molecule has 0 aliphatic rings. The molecule has 246 valence electrons. The summed E-state index contributed by atoms with van der Waals surface area (Å²) in [6, 6.07) is 0. The number of unbranched alkanes of at least 4 members (excludes halogenated alkanes) is 26. The summed E-state index contributed by atoms with van der Waals surface area (Å²) >= 11 is 0. The van der Waals surface area contributed by atoms with Crippen molar-refractivity contribution in [1.82, 2.24) is 0 Å². The van der Waals surface area contributed by atoms with Crippen molar-refractivity contribution in [1.29, 1.82) is 0 Å². The first-order valence-corrected chi connectivity index (χ1v) is 19.7. The number of hydrogen-bond acceptors (Lipinski definition) is 0. The maximum Gasteiger partial charge on any atom is 0.101 e. The minimum absolute atomic E-state index is 1.27. The van der Waals surface area contributed by atoms with Gasteiger partial charge in [0.25, 0.3) is 0 Å². The zero-order valence-electron chi connectivity index (χ0n) is 29.7. The van der Waals surface area contributed by atoms with Crippen molar-refractivity contribution in [2.75, 3.05) is 19.6 Å². The van der Waals surface area contributed by atoms with Crippen molar-refractivity contribution in [3.05, 3.63) is 12.3 Å². The van der Waals surface area contributed by atoms with Crippen molar-refractivity contribution in [2.24, 2.45) is 0 Å². The molecule has 0 unspecified atom stereocenters. The SMILES string of the molecule is C=C(CCCCCCCC)[N+](CCCCCCCCCC)(CCCCCCCCCC)CCCCCCCCCC. The maximum absolute atomic E-state index is 4.88. The number of quaternary nitrogens is 1. The third kappa shape index (κ3) is 25.9. The summed E-state index contributed by atoms with van der Waals surface area (Å²) in [4.78, 5) is 0. The smallest absolute Gasteiger partial charge is 0.101 e.